The van der Waals surface area contributed by atoms with Gasteiger partial charge < -0.3 is 4.74 Å². The summed E-state index contributed by atoms with van der Waals surface area (Å²) in [5, 5.41) is 11.2. The molecule has 0 bridgehead atoms. The summed E-state index contributed by atoms with van der Waals surface area (Å²) in [6.07, 6.45) is -5.06. The number of alkyl halides is 3. The standard InChI is InChI=1S/C16H12F3NO4/c1-10(21)12-7-8-13(24-9-11-5-3-2-4-6-11)15(20(22)23)14(12)16(17,18)19/h2-8H,9H2,1H3. The Kier molecular flexibility index (Phi) is 4.87. The number of benzene rings is 2. The number of nitro groups is 1. The molecule has 0 radical (unpaired) electrons. The Bertz CT molecular complexity index is 773. The van der Waals surface area contributed by atoms with Crippen molar-refractivity contribution in [1.82, 2.24) is 0 Å². The van der Waals surface area contributed by atoms with E-state index in [1.165, 1.54) is 0 Å². The average Bonchev–Trinajstić information content (AvgIpc) is 2.51. The van der Waals surface area contributed by atoms with Crippen LogP contribution < -0.4 is 4.74 Å². The molecule has 0 aliphatic heterocycles. The summed E-state index contributed by atoms with van der Waals surface area (Å²) < 4.78 is 45.0. The first-order chi connectivity index (χ1) is 11.2. The lowest BCUT2D eigenvalue weighted by Crippen LogP contribution is -2.16. The fourth-order valence-corrected chi connectivity index (χ4v) is 2.19. The number of carbonyl (C=O) groups excluding carboxylic acids is 1. The van der Waals surface area contributed by atoms with E-state index in [0.29, 0.717) is 5.56 Å². The van der Waals surface area contributed by atoms with Crippen LogP contribution in [-0.4, -0.2) is 10.7 Å². The zero-order valence-electron chi connectivity index (χ0n) is 12.5. The number of halogens is 3. The third kappa shape index (κ3) is 3.70. The van der Waals surface area contributed by atoms with Crippen LogP contribution in [0, 0.1) is 10.1 Å². The number of ketones is 1. The van der Waals surface area contributed by atoms with Gasteiger partial charge in [-0.1, -0.05) is 30.3 Å². The number of nitrogens with zero attached hydrogens (tertiary/aromatic N) is 1. The van der Waals surface area contributed by atoms with Gasteiger partial charge in [0.2, 0.25) is 0 Å². The van der Waals surface area contributed by atoms with Crippen molar-refractivity contribution in [2.45, 2.75) is 19.7 Å². The normalized spacial score (nSPS) is 11.2. The van der Waals surface area contributed by atoms with Gasteiger partial charge in [0.25, 0.3) is 0 Å². The van der Waals surface area contributed by atoms with Crippen LogP contribution in [-0.2, 0) is 12.8 Å². The predicted octanol–water partition coefficient (Wildman–Crippen LogP) is 4.40. The highest BCUT2D eigenvalue weighted by atomic mass is 19.4. The molecule has 0 amide bonds. The van der Waals surface area contributed by atoms with Gasteiger partial charge >= 0.3 is 11.9 Å². The second-order valence-corrected chi connectivity index (χ2v) is 4.92. The summed E-state index contributed by atoms with van der Waals surface area (Å²) in [4.78, 5) is 21.4. The number of carbonyl (C=O) groups is 1. The number of ether oxygens (including phenoxy) is 1. The Labute approximate surface area is 134 Å². The Morgan fingerprint density at radius 2 is 1.79 bits per heavy atom. The van der Waals surface area contributed by atoms with Gasteiger partial charge in [-0.3, -0.25) is 14.9 Å². The molecule has 0 fully saturated rings. The Balaban J connectivity index is 2.52. The van der Waals surface area contributed by atoms with Crippen LogP contribution >= 0.6 is 0 Å². The van der Waals surface area contributed by atoms with Gasteiger partial charge in [0.15, 0.2) is 11.5 Å². The summed E-state index contributed by atoms with van der Waals surface area (Å²) in [7, 11) is 0. The van der Waals surface area contributed by atoms with E-state index in [-0.39, 0.29) is 6.61 Å². The SMILES string of the molecule is CC(=O)c1ccc(OCc2ccccc2)c([N+](=O)[O-])c1C(F)(F)F. The fourth-order valence-electron chi connectivity index (χ4n) is 2.19. The van der Waals surface area contributed by atoms with Gasteiger partial charge in [0.05, 0.1) is 4.92 Å². The quantitative estimate of drug-likeness (QED) is 0.460. The maximum Gasteiger partial charge on any atom is 0.423 e. The lowest BCUT2D eigenvalue weighted by Gasteiger charge is -2.14. The maximum atomic E-state index is 13.3. The van der Waals surface area contributed by atoms with Crippen molar-refractivity contribution in [3.63, 3.8) is 0 Å². The van der Waals surface area contributed by atoms with E-state index in [0.717, 1.165) is 19.1 Å². The van der Waals surface area contributed by atoms with E-state index in [2.05, 4.69) is 0 Å². The topological polar surface area (TPSA) is 69.4 Å². The summed E-state index contributed by atoms with van der Waals surface area (Å²) >= 11 is 0. The molecular formula is C16H12F3NO4. The van der Waals surface area contributed by atoms with Crippen molar-refractivity contribution in [1.29, 1.82) is 0 Å². The highest BCUT2D eigenvalue weighted by Gasteiger charge is 2.44. The lowest BCUT2D eigenvalue weighted by molar-refractivity contribution is -0.389. The van der Waals surface area contributed by atoms with E-state index >= 15 is 0 Å². The Hall–Kier alpha value is -2.90. The number of rotatable bonds is 5. The van der Waals surface area contributed by atoms with E-state index in [1.807, 2.05) is 0 Å². The summed E-state index contributed by atoms with van der Waals surface area (Å²) in [5.41, 5.74) is -2.98. The molecule has 0 spiro atoms. The van der Waals surface area contributed by atoms with Gasteiger partial charge in [0, 0.05) is 5.56 Å². The number of hydrogen-bond acceptors (Lipinski definition) is 4. The van der Waals surface area contributed by atoms with Crippen LogP contribution in [0.4, 0.5) is 18.9 Å². The highest BCUT2D eigenvalue weighted by Crippen LogP contribution is 2.43. The second-order valence-electron chi connectivity index (χ2n) is 4.92. The number of nitro benzene ring substituents is 1. The smallest absolute Gasteiger partial charge is 0.423 e. The molecule has 0 aromatic heterocycles. The third-order valence-electron chi connectivity index (χ3n) is 3.22. The van der Waals surface area contributed by atoms with Crippen molar-refractivity contribution < 1.29 is 27.6 Å². The molecule has 0 aliphatic rings. The molecular weight excluding hydrogens is 327 g/mol. The molecule has 0 unspecified atom stereocenters. The monoisotopic (exact) mass is 339 g/mol. The molecule has 2 aromatic rings. The first kappa shape index (κ1) is 17.5. The van der Waals surface area contributed by atoms with E-state index in [1.54, 1.807) is 30.3 Å². The zero-order valence-corrected chi connectivity index (χ0v) is 12.5. The average molecular weight is 339 g/mol. The van der Waals surface area contributed by atoms with E-state index in [9.17, 15) is 28.1 Å². The fraction of sp³-hybridized carbons (Fsp3) is 0.188. The van der Waals surface area contributed by atoms with Crippen LogP contribution in [0.25, 0.3) is 0 Å². The molecule has 2 aromatic carbocycles. The van der Waals surface area contributed by atoms with Crippen LogP contribution in [0.2, 0.25) is 0 Å². The molecule has 8 heteroatoms. The lowest BCUT2D eigenvalue weighted by atomic mass is 10.0. The van der Waals surface area contributed by atoms with Gasteiger partial charge in [0.1, 0.15) is 12.2 Å². The van der Waals surface area contributed by atoms with Gasteiger partial charge in [-0.2, -0.15) is 13.2 Å². The molecule has 126 valence electrons. The van der Waals surface area contributed by atoms with E-state index < -0.39 is 39.4 Å². The third-order valence-corrected chi connectivity index (χ3v) is 3.22. The molecule has 24 heavy (non-hydrogen) atoms. The minimum atomic E-state index is -5.06. The summed E-state index contributed by atoms with van der Waals surface area (Å²) in [5.74, 6) is -1.46. The first-order valence-electron chi connectivity index (χ1n) is 6.78. The number of hydrogen-bond donors (Lipinski definition) is 0. The summed E-state index contributed by atoms with van der Waals surface area (Å²) in [6, 6.07) is 10.4. The van der Waals surface area contributed by atoms with Gasteiger partial charge in [-0.25, -0.2) is 0 Å². The van der Waals surface area contributed by atoms with E-state index in [4.69, 9.17) is 4.74 Å². The largest absolute Gasteiger partial charge is 0.482 e. The van der Waals surface area contributed by atoms with Gasteiger partial charge in [-0.05, 0) is 24.6 Å². The van der Waals surface area contributed by atoms with Crippen molar-refractivity contribution in [3.8, 4) is 5.75 Å². The highest BCUT2D eigenvalue weighted by molar-refractivity contribution is 5.97. The second kappa shape index (κ2) is 6.69. The molecule has 0 saturated carbocycles. The summed E-state index contributed by atoms with van der Waals surface area (Å²) in [6.45, 7) is 0.775. The van der Waals surface area contributed by atoms with Crippen molar-refractivity contribution >= 4 is 11.5 Å². The van der Waals surface area contributed by atoms with Crippen LogP contribution in [0.5, 0.6) is 5.75 Å². The molecule has 0 saturated heterocycles. The predicted molar refractivity (Wildman–Crippen MR) is 78.9 cm³/mol. The van der Waals surface area contributed by atoms with Crippen molar-refractivity contribution in [2.75, 3.05) is 0 Å². The molecule has 0 aliphatic carbocycles. The molecule has 0 atom stereocenters. The zero-order chi connectivity index (χ0) is 17.9. The number of Topliss-reactive ketones (excluding diaryl/α,β-unsaturated/α-hetero) is 1. The molecule has 0 heterocycles. The minimum Gasteiger partial charge on any atom is -0.482 e. The van der Waals surface area contributed by atoms with Crippen molar-refractivity contribution in [2.24, 2.45) is 0 Å². The van der Waals surface area contributed by atoms with Crippen LogP contribution in [0.15, 0.2) is 42.5 Å². The molecule has 5 nitrogen and oxygen atoms in total. The van der Waals surface area contributed by atoms with Gasteiger partial charge in [-0.15, -0.1) is 0 Å². The van der Waals surface area contributed by atoms with Crippen molar-refractivity contribution in [3.05, 3.63) is 69.3 Å². The Morgan fingerprint density at radius 3 is 2.29 bits per heavy atom. The van der Waals surface area contributed by atoms with Crippen LogP contribution in [0.3, 0.4) is 0 Å². The van der Waals surface area contributed by atoms with Crippen LogP contribution in [0.1, 0.15) is 28.4 Å². The Morgan fingerprint density at radius 1 is 1.17 bits per heavy atom. The molecule has 0 N–H and O–H groups in total. The minimum absolute atomic E-state index is 0.140. The first-order valence-corrected chi connectivity index (χ1v) is 6.78. The molecule has 2 rings (SSSR count). The maximum absolute atomic E-state index is 13.3.